The van der Waals surface area contributed by atoms with Crippen molar-refractivity contribution in [1.29, 1.82) is 0 Å². The molecule has 0 radical (unpaired) electrons. The number of hydrogen-bond acceptors (Lipinski definition) is 4. The molecule has 0 saturated carbocycles. The van der Waals surface area contributed by atoms with Crippen LogP contribution in [0.15, 0.2) is 112 Å². The molecular weight excluding hydrogens is 679 g/mol. The van der Waals surface area contributed by atoms with E-state index in [0.29, 0.717) is 21.7 Å². The standard InChI is InChI=1S/C32H24BrClF3N3O3S/c1-19(29(41)39-27-15-10-23(34)18-26(27)32(35,36)37)44-25-13-11-24(12-14-25)38-31(43)28(17-20-6-5-9-22(33)16-20)40-30(42)21-7-3-2-4-8-21/h2-19H,1H3,(H,38,43)(H,39,41)(H,40,42)/b28-17-. The van der Waals surface area contributed by atoms with Crippen LogP contribution in [0.1, 0.15) is 28.4 Å². The number of hydrogen-bond donors (Lipinski definition) is 3. The Labute approximate surface area is 269 Å². The smallest absolute Gasteiger partial charge is 0.325 e. The fourth-order valence-corrected chi connectivity index (χ4v) is 5.33. The zero-order valence-corrected chi connectivity index (χ0v) is 26.1. The van der Waals surface area contributed by atoms with Gasteiger partial charge in [-0.2, -0.15) is 13.2 Å². The van der Waals surface area contributed by atoms with Gasteiger partial charge in [0.2, 0.25) is 5.91 Å². The van der Waals surface area contributed by atoms with Gasteiger partial charge >= 0.3 is 6.18 Å². The largest absolute Gasteiger partial charge is 0.418 e. The number of anilines is 2. The Morgan fingerprint density at radius 3 is 2.25 bits per heavy atom. The lowest BCUT2D eigenvalue weighted by Gasteiger charge is -2.17. The van der Waals surface area contributed by atoms with Gasteiger partial charge in [0.1, 0.15) is 5.70 Å². The molecule has 0 aliphatic heterocycles. The highest BCUT2D eigenvalue weighted by molar-refractivity contribution is 9.10. The molecule has 0 heterocycles. The van der Waals surface area contributed by atoms with Gasteiger partial charge in [-0.15, -0.1) is 11.8 Å². The maximum atomic E-state index is 13.4. The predicted molar refractivity (Wildman–Crippen MR) is 172 cm³/mol. The number of carbonyl (C=O) groups is 3. The van der Waals surface area contributed by atoms with Crippen LogP contribution < -0.4 is 16.0 Å². The summed E-state index contributed by atoms with van der Waals surface area (Å²) in [7, 11) is 0. The molecule has 226 valence electrons. The Kier molecular flexibility index (Phi) is 10.9. The molecule has 0 aromatic heterocycles. The average Bonchev–Trinajstić information content (AvgIpc) is 2.98. The summed E-state index contributed by atoms with van der Waals surface area (Å²) < 4.78 is 41.0. The van der Waals surface area contributed by atoms with Crippen molar-refractivity contribution in [2.45, 2.75) is 23.2 Å². The topological polar surface area (TPSA) is 87.3 Å². The lowest BCUT2D eigenvalue weighted by atomic mass is 10.1. The van der Waals surface area contributed by atoms with E-state index >= 15 is 0 Å². The SMILES string of the molecule is CC(Sc1ccc(NC(=O)/C(=C/c2cccc(Br)c2)NC(=O)c2ccccc2)cc1)C(=O)Nc1ccc(Cl)cc1C(F)(F)F. The van der Waals surface area contributed by atoms with Crippen LogP contribution in [0.2, 0.25) is 5.02 Å². The minimum atomic E-state index is -4.69. The van der Waals surface area contributed by atoms with Crippen molar-refractivity contribution in [1.82, 2.24) is 5.32 Å². The number of amides is 3. The third-order valence-corrected chi connectivity index (χ3v) is 7.87. The second-order valence-corrected chi connectivity index (χ2v) is 12.1. The zero-order chi connectivity index (χ0) is 31.9. The number of alkyl halides is 3. The summed E-state index contributed by atoms with van der Waals surface area (Å²) in [6.07, 6.45) is -3.14. The minimum Gasteiger partial charge on any atom is -0.325 e. The molecule has 4 aromatic carbocycles. The first kappa shape index (κ1) is 32.8. The van der Waals surface area contributed by atoms with Gasteiger partial charge in [-0.1, -0.05) is 57.9 Å². The van der Waals surface area contributed by atoms with Gasteiger partial charge in [-0.05, 0) is 85.3 Å². The van der Waals surface area contributed by atoms with Crippen molar-refractivity contribution in [2.24, 2.45) is 0 Å². The summed E-state index contributed by atoms with van der Waals surface area (Å²) >= 11 is 10.2. The predicted octanol–water partition coefficient (Wildman–Crippen LogP) is 8.65. The summed E-state index contributed by atoms with van der Waals surface area (Å²) in [5.41, 5.74) is 0.0681. The van der Waals surface area contributed by atoms with Gasteiger partial charge in [0, 0.05) is 25.6 Å². The molecule has 0 aliphatic rings. The molecule has 3 N–H and O–H groups in total. The number of nitrogens with one attached hydrogen (secondary N) is 3. The first-order valence-electron chi connectivity index (χ1n) is 13.0. The molecule has 0 spiro atoms. The number of rotatable bonds is 9. The first-order valence-corrected chi connectivity index (χ1v) is 15.0. The van der Waals surface area contributed by atoms with Crippen LogP contribution in [0.3, 0.4) is 0 Å². The highest BCUT2D eigenvalue weighted by Crippen LogP contribution is 2.37. The van der Waals surface area contributed by atoms with Gasteiger partial charge < -0.3 is 16.0 Å². The van der Waals surface area contributed by atoms with Gasteiger partial charge in [0.05, 0.1) is 16.5 Å². The van der Waals surface area contributed by atoms with Gasteiger partial charge in [-0.3, -0.25) is 14.4 Å². The number of thioether (sulfide) groups is 1. The van der Waals surface area contributed by atoms with Crippen molar-refractivity contribution in [2.75, 3.05) is 10.6 Å². The Hall–Kier alpha value is -4.06. The maximum absolute atomic E-state index is 13.4. The van der Waals surface area contributed by atoms with E-state index in [1.165, 1.54) is 6.07 Å². The van der Waals surface area contributed by atoms with Crippen LogP contribution in [0, 0.1) is 0 Å². The quantitative estimate of drug-likeness (QED) is 0.120. The van der Waals surface area contributed by atoms with Crippen LogP contribution >= 0.6 is 39.3 Å². The molecule has 4 aromatic rings. The van der Waals surface area contributed by atoms with Crippen LogP contribution in [-0.4, -0.2) is 23.0 Å². The fourth-order valence-electron chi connectivity index (χ4n) is 3.87. The zero-order valence-electron chi connectivity index (χ0n) is 22.9. The van der Waals surface area contributed by atoms with E-state index in [1.54, 1.807) is 85.8 Å². The van der Waals surface area contributed by atoms with E-state index in [4.69, 9.17) is 11.6 Å². The molecule has 0 saturated heterocycles. The lowest BCUT2D eigenvalue weighted by Crippen LogP contribution is -2.30. The van der Waals surface area contributed by atoms with Crippen molar-refractivity contribution in [3.63, 3.8) is 0 Å². The summed E-state index contributed by atoms with van der Waals surface area (Å²) in [5.74, 6) is -1.65. The molecule has 1 atom stereocenters. The number of benzene rings is 4. The van der Waals surface area contributed by atoms with Gasteiger partial charge in [0.25, 0.3) is 11.8 Å². The molecule has 6 nitrogen and oxygen atoms in total. The molecule has 3 amide bonds. The summed E-state index contributed by atoms with van der Waals surface area (Å²) in [6, 6.07) is 25.4. The van der Waals surface area contributed by atoms with Crippen LogP contribution in [0.5, 0.6) is 0 Å². The van der Waals surface area contributed by atoms with E-state index in [0.717, 1.165) is 28.4 Å². The molecule has 0 bridgehead atoms. The molecular formula is C32H24BrClF3N3O3S. The minimum absolute atomic E-state index is 0.0149. The van der Waals surface area contributed by atoms with E-state index in [2.05, 4.69) is 31.9 Å². The summed E-state index contributed by atoms with van der Waals surface area (Å²) in [5, 5.41) is 6.91. The summed E-state index contributed by atoms with van der Waals surface area (Å²) in [4.78, 5) is 39.4. The average molecular weight is 703 g/mol. The Morgan fingerprint density at radius 2 is 1.59 bits per heavy atom. The first-order chi connectivity index (χ1) is 20.9. The maximum Gasteiger partial charge on any atom is 0.418 e. The highest BCUT2D eigenvalue weighted by atomic mass is 79.9. The monoisotopic (exact) mass is 701 g/mol. The lowest BCUT2D eigenvalue weighted by molar-refractivity contribution is -0.137. The van der Waals surface area contributed by atoms with Crippen LogP contribution in [0.25, 0.3) is 6.08 Å². The molecule has 1 unspecified atom stereocenters. The third-order valence-electron chi connectivity index (χ3n) is 6.03. The molecule has 12 heteroatoms. The van der Waals surface area contributed by atoms with E-state index < -0.39 is 34.7 Å². The normalized spacial score (nSPS) is 12.3. The van der Waals surface area contributed by atoms with E-state index in [-0.39, 0.29) is 16.4 Å². The van der Waals surface area contributed by atoms with Crippen LogP contribution in [-0.2, 0) is 15.8 Å². The Morgan fingerprint density at radius 1 is 0.886 bits per heavy atom. The number of halogens is 5. The third kappa shape index (κ3) is 9.22. The Balaban J connectivity index is 1.44. The second-order valence-electron chi connectivity index (χ2n) is 9.35. The van der Waals surface area contributed by atoms with Crippen molar-refractivity contribution in [3.8, 4) is 0 Å². The van der Waals surface area contributed by atoms with Crippen LogP contribution in [0.4, 0.5) is 24.5 Å². The second kappa shape index (κ2) is 14.6. The van der Waals surface area contributed by atoms with E-state index in [1.807, 2.05) is 6.07 Å². The summed E-state index contributed by atoms with van der Waals surface area (Å²) in [6.45, 7) is 1.56. The van der Waals surface area contributed by atoms with Crippen molar-refractivity contribution >= 4 is 74.5 Å². The van der Waals surface area contributed by atoms with Gasteiger partial charge in [-0.25, -0.2) is 0 Å². The molecule has 0 fully saturated rings. The van der Waals surface area contributed by atoms with E-state index in [9.17, 15) is 27.6 Å². The Bertz CT molecular complexity index is 1700. The highest BCUT2D eigenvalue weighted by Gasteiger charge is 2.34. The molecule has 0 aliphatic carbocycles. The van der Waals surface area contributed by atoms with Crippen molar-refractivity contribution < 1.29 is 27.6 Å². The van der Waals surface area contributed by atoms with Crippen molar-refractivity contribution in [3.05, 3.63) is 129 Å². The fraction of sp³-hybridized carbons (Fsp3) is 0.0938. The number of carbonyl (C=O) groups excluding carboxylic acids is 3. The molecule has 4 rings (SSSR count). The van der Waals surface area contributed by atoms with Gasteiger partial charge in [0.15, 0.2) is 0 Å². The molecule has 44 heavy (non-hydrogen) atoms.